The normalized spacial score (nSPS) is 22.7. The van der Waals surface area contributed by atoms with E-state index < -0.39 is 49.3 Å². The van der Waals surface area contributed by atoms with Crippen LogP contribution in [0.3, 0.4) is 0 Å². The molecule has 8 nitrogen and oxygen atoms in total. The van der Waals surface area contributed by atoms with Crippen LogP contribution in [0, 0.1) is 21.8 Å². The molecule has 0 aliphatic carbocycles. The van der Waals surface area contributed by atoms with E-state index in [9.17, 15) is 27.7 Å². The topological polar surface area (TPSA) is 118 Å². The third-order valence-corrected chi connectivity index (χ3v) is 5.90. The smallest absolute Gasteiger partial charge is 0.307 e. The van der Waals surface area contributed by atoms with Crippen molar-refractivity contribution in [1.29, 1.82) is 0 Å². The maximum atomic E-state index is 14.0. The molecule has 1 aromatic carbocycles. The molecule has 1 aromatic rings. The molecule has 126 valence electrons. The molecule has 0 aromatic heterocycles. The van der Waals surface area contributed by atoms with Crippen molar-refractivity contribution in [1.82, 2.24) is 4.31 Å². The molecule has 2 atom stereocenters. The molecule has 0 amide bonds. The largest absolute Gasteiger partial charge is 0.481 e. The first kappa shape index (κ1) is 17.3. The number of rotatable bonds is 4. The van der Waals surface area contributed by atoms with Crippen molar-refractivity contribution in [2.24, 2.45) is 5.92 Å². The molecule has 1 heterocycles. The van der Waals surface area contributed by atoms with Crippen LogP contribution in [0.2, 0.25) is 0 Å². The lowest BCUT2D eigenvalue weighted by Gasteiger charge is -2.35. The van der Waals surface area contributed by atoms with Gasteiger partial charge in [0.25, 0.3) is 5.69 Å². The Labute approximate surface area is 131 Å². The second-order valence-corrected chi connectivity index (χ2v) is 7.27. The Kier molecular flexibility index (Phi) is 4.66. The van der Waals surface area contributed by atoms with Crippen LogP contribution in [0.1, 0.15) is 19.8 Å². The van der Waals surface area contributed by atoms with Crippen molar-refractivity contribution in [2.75, 3.05) is 6.54 Å². The number of aliphatic carboxylic acids is 1. The first-order chi connectivity index (χ1) is 10.6. The lowest BCUT2D eigenvalue weighted by atomic mass is 9.96. The average molecular weight is 346 g/mol. The van der Waals surface area contributed by atoms with E-state index >= 15 is 0 Å². The highest BCUT2D eigenvalue weighted by Crippen LogP contribution is 2.30. The zero-order valence-corrected chi connectivity index (χ0v) is 13.0. The van der Waals surface area contributed by atoms with Crippen molar-refractivity contribution in [3.8, 4) is 0 Å². The van der Waals surface area contributed by atoms with E-state index in [1.54, 1.807) is 6.92 Å². The fourth-order valence-electron chi connectivity index (χ4n) is 2.55. The molecule has 0 radical (unpaired) electrons. The summed E-state index contributed by atoms with van der Waals surface area (Å²) < 4.78 is 40.1. The molecular weight excluding hydrogens is 331 g/mol. The number of carboxylic acids is 1. The number of carbonyl (C=O) groups is 1. The summed E-state index contributed by atoms with van der Waals surface area (Å²) in [7, 11) is -4.28. The van der Waals surface area contributed by atoms with E-state index in [1.165, 1.54) is 0 Å². The van der Waals surface area contributed by atoms with Gasteiger partial charge in [-0.25, -0.2) is 12.8 Å². The van der Waals surface area contributed by atoms with Crippen molar-refractivity contribution in [3.63, 3.8) is 0 Å². The number of carboxylic acid groups (broad SMARTS) is 1. The number of nitro groups is 1. The van der Waals surface area contributed by atoms with Gasteiger partial charge in [-0.15, -0.1) is 0 Å². The van der Waals surface area contributed by atoms with Crippen molar-refractivity contribution in [2.45, 2.75) is 30.7 Å². The van der Waals surface area contributed by atoms with Gasteiger partial charge < -0.3 is 5.11 Å². The van der Waals surface area contributed by atoms with E-state index in [0.717, 1.165) is 16.4 Å². The summed E-state index contributed by atoms with van der Waals surface area (Å²) in [6, 6.07) is 1.79. The predicted molar refractivity (Wildman–Crippen MR) is 76.8 cm³/mol. The standard InChI is InChI=1S/C13H15FN2O6S/c1-8-2-3-9(13(17)18)7-15(8)23(21,22)12-5-4-10(16(19)20)6-11(12)14/h4-6,8-9H,2-3,7H2,1H3,(H,17,18). The molecule has 1 aliphatic rings. The molecule has 2 rings (SSSR count). The number of benzene rings is 1. The van der Waals surface area contributed by atoms with E-state index in [0.29, 0.717) is 18.9 Å². The summed E-state index contributed by atoms with van der Waals surface area (Å²) in [4.78, 5) is 20.2. The zero-order chi connectivity index (χ0) is 17.4. The number of nitrogens with zero attached hydrogens (tertiary/aromatic N) is 2. The van der Waals surface area contributed by atoms with E-state index in [2.05, 4.69) is 0 Å². The first-order valence-corrected chi connectivity index (χ1v) is 8.27. The molecule has 1 N–H and O–H groups in total. The van der Waals surface area contributed by atoms with Gasteiger partial charge in [-0.1, -0.05) is 0 Å². The fourth-order valence-corrected chi connectivity index (χ4v) is 4.30. The fraction of sp³-hybridized carbons (Fsp3) is 0.462. The van der Waals surface area contributed by atoms with Gasteiger partial charge in [0.15, 0.2) is 0 Å². The predicted octanol–water partition coefficient (Wildman–Crippen LogP) is 1.61. The van der Waals surface area contributed by atoms with Gasteiger partial charge in [-0.2, -0.15) is 4.31 Å². The molecular formula is C13H15FN2O6S. The second kappa shape index (κ2) is 6.20. The SMILES string of the molecule is CC1CCC(C(=O)O)CN1S(=O)(=O)c1ccc([N+](=O)[O-])cc1F. The second-order valence-electron chi connectivity index (χ2n) is 5.41. The minimum atomic E-state index is -4.28. The monoisotopic (exact) mass is 346 g/mol. The lowest BCUT2D eigenvalue weighted by molar-refractivity contribution is -0.385. The van der Waals surface area contributed by atoms with E-state index in [-0.39, 0.29) is 6.54 Å². The van der Waals surface area contributed by atoms with E-state index in [4.69, 9.17) is 5.11 Å². The molecule has 1 fully saturated rings. The van der Waals surface area contributed by atoms with Crippen LogP contribution in [-0.2, 0) is 14.8 Å². The van der Waals surface area contributed by atoms with Crippen LogP contribution in [0.15, 0.2) is 23.1 Å². The number of halogens is 1. The molecule has 23 heavy (non-hydrogen) atoms. The Morgan fingerprint density at radius 3 is 2.61 bits per heavy atom. The quantitative estimate of drug-likeness (QED) is 0.653. The maximum absolute atomic E-state index is 14.0. The molecule has 10 heteroatoms. The number of sulfonamides is 1. The van der Waals surface area contributed by atoms with E-state index in [1.807, 2.05) is 0 Å². The number of hydrogen-bond donors (Lipinski definition) is 1. The zero-order valence-electron chi connectivity index (χ0n) is 12.2. The molecule has 2 unspecified atom stereocenters. The summed E-state index contributed by atoms with van der Waals surface area (Å²) in [5, 5.41) is 19.7. The Hall–Kier alpha value is -2.07. The summed E-state index contributed by atoms with van der Waals surface area (Å²) >= 11 is 0. The maximum Gasteiger partial charge on any atom is 0.307 e. The summed E-state index contributed by atoms with van der Waals surface area (Å²) in [6.45, 7) is 1.36. The van der Waals surface area contributed by atoms with Gasteiger partial charge in [0, 0.05) is 18.7 Å². The highest BCUT2D eigenvalue weighted by atomic mass is 32.2. The Morgan fingerprint density at radius 2 is 2.09 bits per heavy atom. The van der Waals surface area contributed by atoms with Crippen LogP contribution in [0.4, 0.5) is 10.1 Å². The highest BCUT2D eigenvalue weighted by Gasteiger charge is 2.38. The third kappa shape index (κ3) is 3.32. The minimum Gasteiger partial charge on any atom is -0.481 e. The third-order valence-electron chi connectivity index (χ3n) is 3.89. The van der Waals surface area contributed by atoms with Crippen molar-refractivity contribution < 1.29 is 27.6 Å². The highest BCUT2D eigenvalue weighted by molar-refractivity contribution is 7.89. The first-order valence-electron chi connectivity index (χ1n) is 6.83. The molecule has 0 bridgehead atoms. The Balaban J connectivity index is 2.40. The minimum absolute atomic E-state index is 0.255. The van der Waals surface area contributed by atoms with Crippen LogP contribution in [-0.4, -0.2) is 41.3 Å². The van der Waals surface area contributed by atoms with Gasteiger partial charge in [-0.3, -0.25) is 14.9 Å². The van der Waals surface area contributed by atoms with Crippen LogP contribution >= 0.6 is 0 Å². The summed E-state index contributed by atoms with van der Waals surface area (Å²) in [5.41, 5.74) is -0.559. The van der Waals surface area contributed by atoms with Crippen molar-refractivity contribution in [3.05, 3.63) is 34.1 Å². The number of hydrogen-bond acceptors (Lipinski definition) is 5. The molecule has 1 aliphatic heterocycles. The Bertz CT molecular complexity index is 751. The van der Waals surface area contributed by atoms with Gasteiger partial charge in [0.05, 0.1) is 16.9 Å². The van der Waals surface area contributed by atoms with Gasteiger partial charge >= 0.3 is 5.97 Å². The molecule has 0 spiro atoms. The number of non-ortho nitro benzene ring substituents is 1. The average Bonchev–Trinajstić information content (AvgIpc) is 2.46. The van der Waals surface area contributed by atoms with Crippen LogP contribution in [0.25, 0.3) is 0 Å². The van der Waals surface area contributed by atoms with Gasteiger partial charge in [-0.05, 0) is 25.8 Å². The molecule has 0 saturated carbocycles. The van der Waals surface area contributed by atoms with Crippen LogP contribution in [0.5, 0.6) is 0 Å². The summed E-state index contributed by atoms with van der Waals surface area (Å²) in [6.07, 6.45) is 0.677. The van der Waals surface area contributed by atoms with Crippen molar-refractivity contribution >= 4 is 21.7 Å². The van der Waals surface area contributed by atoms with Crippen LogP contribution < -0.4 is 0 Å². The lowest BCUT2D eigenvalue weighted by Crippen LogP contribution is -2.47. The molecule has 1 saturated heterocycles. The summed E-state index contributed by atoms with van der Waals surface area (Å²) in [5.74, 6) is -3.20. The Morgan fingerprint density at radius 1 is 1.43 bits per heavy atom. The van der Waals surface area contributed by atoms with Gasteiger partial charge in [0.2, 0.25) is 10.0 Å². The number of nitro benzene ring substituents is 1. The van der Waals surface area contributed by atoms with Gasteiger partial charge in [0.1, 0.15) is 10.7 Å². The number of piperidine rings is 1.